The molecule has 1 fully saturated rings. The van der Waals surface area contributed by atoms with Gasteiger partial charge in [0.25, 0.3) is 0 Å². The van der Waals surface area contributed by atoms with Gasteiger partial charge in [-0.25, -0.2) is 4.79 Å². The number of aliphatic hydroxyl groups excluding tert-OH is 2. The first-order valence-corrected chi connectivity index (χ1v) is 10.2. The second kappa shape index (κ2) is 11.5. The van der Waals surface area contributed by atoms with Gasteiger partial charge < -0.3 is 29.2 Å². The van der Waals surface area contributed by atoms with Gasteiger partial charge in [-0.2, -0.15) is 4.98 Å². The van der Waals surface area contributed by atoms with Crippen molar-refractivity contribution < 1.29 is 39.2 Å². The van der Waals surface area contributed by atoms with Gasteiger partial charge in [0, 0.05) is 19.4 Å². The van der Waals surface area contributed by atoms with Crippen molar-refractivity contribution >= 4 is 11.8 Å². The number of hydrogen-bond donors (Lipinski definition) is 4. The Labute approximate surface area is 179 Å². The first kappa shape index (κ1) is 25.2. The lowest BCUT2D eigenvalue weighted by atomic mass is 9.87. The van der Waals surface area contributed by atoms with E-state index in [0.29, 0.717) is 19.6 Å². The fourth-order valence-electron chi connectivity index (χ4n) is 3.18. The maximum Gasteiger partial charge on any atom is 0.351 e. The van der Waals surface area contributed by atoms with Crippen LogP contribution in [0.4, 0.5) is 5.82 Å². The third-order valence-electron chi connectivity index (χ3n) is 5.21. The van der Waals surface area contributed by atoms with Gasteiger partial charge in [-0.1, -0.05) is 6.92 Å². The van der Waals surface area contributed by atoms with Gasteiger partial charge in [-0.3, -0.25) is 20.0 Å². The Morgan fingerprint density at radius 1 is 1.23 bits per heavy atom. The minimum absolute atomic E-state index is 0.0840. The van der Waals surface area contributed by atoms with Crippen LogP contribution in [-0.2, 0) is 23.7 Å². The minimum atomic E-state index is -1.46. The fraction of sp³-hybridized carbons (Fsp3) is 0.737. The Kier molecular flexibility index (Phi) is 9.34. The van der Waals surface area contributed by atoms with E-state index >= 15 is 0 Å². The van der Waals surface area contributed by atoms with Crippen molar-refractivity contribution in [3.8, 4) is 0 Å². The molecule has 0 amide bonds. The Bertz CT molecular complexity index is 764. The molecule has 0 aliphatic carbocycles. The van der Waals surface area contributed by atoms with Gasteiger partial charge in [0.2, 0.25) is 0 Å². The quantitative estimate of drug-likeness (QED) is 0.246. The predicted molar refractivity (Wildman–Crippen MR) is 106 cm³/mol. The summed E-state index contributed by atoms with van der Waals surface area (Å²) in [6, 6.07) is 1.29. The van der Waals surface area contributed by atoms with E-state index in [0.717, 1.165) is 4.57 Å². The maximum atomic E-state index is 12.9. The largest absolute Gasteiger partial charge is 0.462 e. The summed E-state index contributed by atoms with van der Waals surface area (Å²) >= 11 is 0. The molecule has 0 unspecified atom stereocenters. The molecule has 1 aliphatic rings. The molecule has 4 atom stereocenters. The van der Waals surface area contributed by atoms with Crippen LogP contribution in [0.15, 0.2) is 17.1 Å². The van der Waals surface area contributed by atoms with Crippen molar-refractivity contribution in [2.75, 3.05) is 38.5 Å². The first-order valence-electron chi connectivity index (χ1n) is 10.2. The molecule has 0 saturated carbocycles. The Hall–Kier alpha value is -2.09. The minimum Gasteiger partial charge on any atom is -0.462 e. The Balaban J connectivity index is 2.08. The van der Waals surface area contributed by atoms with Crippen LogP contribution in [0.5, 0.6) is 0 Å². The molecule has 2 rings (SSSR count). The SMILES string of the molecule is CCOCC(CC)(COCC)C(=O)OC[C@H]1O[C@@H](n2ccc(NO)nc2=O)[C@H](O)[C@@H]1O. The summed E-state index contributed by atoms with van der Waals surface area (Å²) in [4.78, 5) is 28.5. The van der Waals surface area contributed by atoms with Gasteiger partial charge in [-0.05, 0) is 26.3 Å². The van der Waals surface area contributed by atoms with Crippen LogP contribution in [0.3, 0.4) is 0 Å². The molecule has 1 aromatic rings. The topological polar surface area (TPSA) is 162 Å². The molecule has 1 aliphatic heterocycles. The molecule has 0 aromatic carbocycles. The molecule has 0 radical (unpaired) electrons. The number of ether oxygens (including phenoxy) is 4. The molecular formula is C19H31N3O9. The number of hydrogen-bond acceptors (Lipinski definition) is 11. The Morgan fingerprint density at radius 3 is 2.39 bits per heavy atom. The summed E-state index contributed by atoms with van der Waals surface area (Å²) in [6.45, 7) is 6.19. The number of aromatic nitrogens is 2. The van der Waals surface area contributed by atoms with Crippen molar-refractivity contribution in [2.45, 2.75) is 51.7 Å². The second-order valence-electron chi connectivity index (χ2n) is 7.17. The third-order valence-corrected chi connectivity index (χ3v) is 5.21. The maximum absolute atomic E-state index is 12.9. The van der Waals surface area contributed by atoms with Crippen molar-refractivity contribution in [2.24, 2.45) is 5.41 Å². The normalized spacial score (nSPS) is 23.7. The second-order valence-corrected chi connectivity index (χ2v) is 7.17. The lowest BCUT2D eigenvalue weighted by molar-refractivity contribution is -0.171. The van der Waals surface area contributed by atoms with Gasteiger partial charge >= 0.3 is 11.7 Å². The van der Waals surface area contributed by atoms with Gasteiger partial charge in [0.15, 0.2) is 12.0 Å². The van der Waals surface area contributed by atoms with Crippen molar-refractivity contribution in [1.82, 2.24) is 9.55 Å². The summed E-state index contributed by atoms with van der Waals surface area (Å²) in [6.07, 6.45) is -3.52. The zero-order chi connectivity index (χ0) is 23.0. The number of anilines is 1. The summed E-state index contributed by atoms with van der Waals surface area (Å²) in [5.74, 6) is -0.651. The van der Waals surface area contributed by atoms with Crippen molar-refractivity contribution in [3.63, 3.8) is 0 Å². The van der Waals surface area contributed by atoms with E-state index in [-0.39, 0.29) is 25.6 Å². The van der Waals surface area contributed by atoms with Gasteiger partial charge in [0.05, 0.1) is 13.2 Å². The van der Waals surface area contributed by atoms with Crippen LogP contribution < -0.4 is 11.2 Å². The van der Waals surface area contributed by atoms with E-state index < -0.39 is 41.6 Å². The molecule has 2 heterocycles. The molecule has 12 heteroatoms. The lowest BCUT2D eigenvalue weighted by Crippen LogP contribution is -2.43. The van der Waals surface area contributed by atoms with Crippen LogP contribution >= 0.6 is 0 Å². The summed E-state index contributed by atoms with van der Waals surface area (Å²) in [5.41, 5.74) is -0.0853. The van der Waals surface area contributed by atoms with E-state index in [2.05, 4.69) is 4.98 Å². The number of nitrogens with zero attached hydrogens (tertiary/aromatic N) is 2. The highest BCUT2D eigenvalue weighted by Gasteiger charge is 2.46. The fourth-order valence-corrected chi connectivity index (χ4v) is 3.18. The Morgan fingerprint density at radius 2 is 1.87 bits per heavy atom. The third kappa shape index (κ3) is 5.79. The van der Waals surface area contributed by atoms with Gasteiger partial charge in [0.1, 0.15) is 30.3 Å². The van der Waals surface area contributed by atoms with E-state index in [4.69, 9.17) is 24.2 Å². The van der Waals surface area contributed by atoms with Gasteiger partial charge in [-0.15, -0.1) is 0 Å². The van der Waals surface area contributed by atoms with Crippen LogP contribution in [-0.4, -0.2) is 82.3 Å². The number of carbonyl (C=O) groups excluding carboxylic acids is 1. The zero-order valence-corrected chi connectivity index (χ0v) is 17.9. The molecule has 4 N–H and O–H groups in total. The number of aliphatic hydroxyl groups is 2. The van der Waals surface area contributed by atoms with Crippen molar-refractivity contribution in [3.05, 3.63) is 22.7 Å². The molecule has 31 heavy (non-hydrogen) atoms. The number of carbonyl (C=O) groups is 1. The van der Waals surface area contributed by atoms with E-state index in [1.54, 1.807) is 5.48 Å². The standard InChI is InChI=1S/C19H31N3O9/c1-4-19(10-28-5-2,11-29-6-3)17(25)30-9-12-14(23)15(24)16(31-12)22-8-7-13(21-27)20-18(22)26/h7-8,12,14-16,23-24,27H,4-6,9-11H2,1-3H3,(H,20,21,26)/t12-,14-,15-,16-/m1/s1. The number of esters is 1. The summed E-state index contributed by atoms with van der Waals surface area (Å²) in [7, 11) is 0. The van der Waals surface area contributed by atoms with Crippen LogP contribution in [0.2, 0.25) is 0 Å². The smallest absolute Gasteiger partial charge is 0.351 e. The number of rotatable bonds is 12. The predicted octanol–water partition coefficient (Wildman–Crippen LogP) is -0.324. The highest BCUT2D eigenvalue weighted by molar-refractivity contribution is 5.77. The molecular weight excluding hydrogens is 414 g/mol. The van der Waals surface area contributed by atoms with Crippen LogP contribution in [0.25, 0.3) is 0 Å². The monoisotopic (exact) mass is 445 g/mol. The van der Waals surface area contributed by atoms with E-state index in [1.165, 1.54) is 12.3 Å². The van der Waals surface area contributed by atoms with E-state index in [9.17, 15) is 19.8 Å². The zero-order valence-electron chi connectivity index (χ0n) is 17.9. The average Bonchev–Trinajstić information content (AvgIpc) is 3.06. The van der Waals surface area contributed by atoms with Crippen LogP contribution in [0, 0.1) is 5.41 Å². The highest BCUT2D eigenvalue weighted by atomic mass is 16.6. The summed E-state index contributed by atoms with van der Waals surface area (Å²) in [5, 5.41) is 29.5. The average molecular weight is 445 g/mol. The molecule has 0 spiro atoms. The lowest BCUT2D eigenvalue weighted by Gasteiger charge is -2.30. The molecule has 0 bridgehead atoms. The molecule has 1 aromatic heterocycles. The van der Waals surface area contributed by atoms with Crippen LogP contribution in [0.1, 0.15) is 33.4 Å². The first-order chi connectivity index (χ1) is 14.8. The molecule has 12 nitrogen and oxygen atoms in total. The highest BCUT2D eigenvalue weighted by Crippen LogP contribution is 2.30. The van der Waals surface area contributed by atoms with Crippen molar-refractivity contribution in [1.29, 1.82) is 0 Å². The number of nitrogens with one attached hydrogen (secondary N) is 1. The molecule has 1 saturated heterocycles. The van der Waals surface area contributed by atoms with E-state index in [1.807, 2.05) is 20.8 Å². The summed E-state index contributed by atoms with van der Waals surface area (Å²) < 4.78 is 22.9. The molecule has 176 valence electrons.